The van der Waals surface area contributed by atoms with Gasteiger partial charge in [-0.25, -0.2) is 8.42 Å². The first-order valence-corrected chi connectivity index (χ1v) is 12.4. The quantitative estimate of drug-likeness (QED) is 0.701. The van der Waals surface area contributed by atoms with Gasteiger partial charge in [0.2, 0.25) is 10.0 Å². The van der Waals surface area contributed by atoms with Crippen molar-refractivity contribution in [2.45, 2.75) is 63.3 Å². The van der Waals surface area contributed by atoms with Gasteiger partial charge in [0.05, 0.1) is 11.5 Å². The lowest BCUT2D eigenvalue weighted by Gasteiger charge is -2.41. The van der Waals surface area contributed by atoms with Gasteiger partial charge in [-0.1, -0.05) is 25.1 Å². The second kappa shape index (κ2) is 8.77. The normalized spacial score (nSPS) is 19.5. The highest BCUT2D eigenvalue weighted by Gasteiger charge is 2.40. The smallest absolute Gasteiger partial charge is 0.243 e. The minimum Gasteiger partial charge on any atom is -0.384 e. The van der Waals surface area contributed by atoms with Gasteiger partial charge >= 0.3 is 0 Å². The van der Waals surface area contributed by atoms with E-state index < -0.39 is 10.0 Å². The van der Waals surface area contributed by atoms with Crippen molar-refractivity contribution in [3.05, 3.63) is 41.5 Å². The Hall–Kier alpha value is -1.77. The third-order valence-corrected chi connectivity index (χ3v) is 8.93. The van der Waals surface area contributed by atoms with Crippen LogP contribution in [0.5, 0.6) is 0 Å². The average molecular weight is 433 g/mol. The van der Waals surface area contributed by atoms with E-state index in [9.17, 15) is 8.42 Å². The fourth-order valence-corrected chi connectivity index (χ4v) is 6.67. The Bertz CT molecular complexity index is 978. The van der Waals surface area contributed by atoms with Crippen LogP contribution in [0.15, 0.2) is 29.2 Å². The summed E-state index contributed by atoms with van der Waals surface area (Å²) in [5.74, 6) is 2.06. The Kier molecular flexibility index (Phi) is 6.27. The molecule has 3 heterocycles. The Morgan fingerprint density at radius 1 is 1.07 bits per heavy atom. The maximum Gasteiger partial charge on any atom is 0.243 e. The molecule has 7 nitrogen and oxygen atoms in total. The van der Waals surface area contributed by atoms with E-state index in [0.29, 0.717) is 24.6 Å². The summed E-state index contributed by atoms with van der Waals surface area (Å²) in [4.78, 5) is 0.471. The van der Waals surface area contributed by atoms with Crippen molar-refractivity contribution in [1.29, 1.82) is 0 Å². The van der Waals surface area contributed by atoms with Crippen molar-refractivity contribution in [3.63, 3.8) is 0 Å². The monoisotopic (exact) mass is 432 g/mol. The molecule has 0 saturated carbocycles. The van der Waals surface area contributed by atoms with E-state index in [0.717, 1.165) is 68.7 Å². The van der Waals surface area contributed by atoms with E-state index in [1.165, 1.54) is 0 Å². The molecule has 2 aliphatic heterocycles. The zero-order valence-corrected chi connectivity index (χ0v) is 18.8. The maximum absolute atomic E-state index is 13.3. The van der Waals surface area contributed by atoms with Gasteiger partial charge in [0.15, 0.2) is 0 Å². The van der Waals surface area contributed by atoms with Gasteiger partial charge in [-0.2, -0.15) is 4.31 Å². The third-order valence-electron chi connectivity index (χ3n) is 6.93. The molecule has 1 spiro atoms. The van der Waals surface area contributed by atoms with Gasteiger partial charge in [0.1, 0.15) is 11.6 Å². The summed E-state index contributed by atoms with van der Waals surface area (Å²) in [6.07, 6.45) is 6.33. The van der Waals surface area contributed by atoms with Crippen LogP contribution in [0.1, 0.15) is 49.8 Å². The highest BCUT2D eigenvalue weighted by molar-refractivity contribution is 7.89. The van der Waals surface area contributed by atoms with Crippen molar-refractivity contribution >= 4 is 10.0 Å². The molecule has 1 saturated heterocycles. The number of nitrogens with zero attached hydrogens (tertiary/aromatic N) is 4. The summed E-state index contributed by atoms with van der Waals surface area (Å²) in [6, 6.07) is 7.39. The van der Waals surface area contributed by atoms with E-state index >= 15 is 0 Å². The van der Waals surface area contributed by atoms with E-state index in [4.69, 9.17) is 4.74 Å². The molecule has 1 aromatic heterocycles. The molecule has 0 unspecified atom stereocenters. The molecule has 30 heavy (non-hydrogen) atoms. The second-order valence-electron chi connectivity index (χ2n) is 8.54. The van der Waals surface area contributed by atoms with Crippen LogP contribution in [0.3, 0.4) is 0 Å². The van der Waals surface area contributed by atoms with Crippen molar-refractivity contribution in [3.8, 4) is 0 Å². The van der Waals surface area contributed by atoms with Gasteiger partial charge in [-0.15, -0.1) is 10.2 Å². The van der Waals surface area contributed by atoms with Crippen LogP contribution in [0.4, 0.5) is 0 Å². The molecule has 1 aromatic carbocycles. The summed E-state index contributed by atoms with van der Waals surface area (Å²) in [5.41, 5.74) is 1.09. The fraction of sp³-hybridized carbons (Fsp3) is 0.636. The molecular formula is C22H32N4O3S. The molecular weight excluding hydrogens is 400 g/mol. The number of hydrogen-bond acceptors (Lipinski definition) is 5. The first-order valence-electron chi connectivity index (χ1n) is 11.0. The first kappa shape index (κ1) is 21.5. The predicted molar refractivity (Wildman–Crippen MR) is 115 cm³/mol. The lowest BCUT2D eigenvalue weighted by atomic mass is 9.73. The Morgan fingerprint density at radius 3 is 2.53 bits per heavy atom. The Morgan fingerprint density at radius 2 is 1.80 bits per heavy atom. The van der Waals surface area contributed by atoms with Crippen molar-refractivity contribution in [2.75, 3.05) is 26.8 Å². The highest BCUT2D eigenvalue weighted by Crippen LogP contribution is 2.42. The first-order chi connectivity index (χ1) is 14.5. The third kappa shape index (κ3) is 4.05. The summed E-state index contributed by atoms with van der Waals surface area (Å²) >= 11 is 0. The SMILES string of the molecule is CCc1ccccc1S(=O)(=O)N1CCC2(CCc3nnc(CCOC)n3CC2)CC1. The Balaban J connectivity index is 1.45. The van der Waals surface area contributed by atoms with Crippen molar-refractivity contribution < 1.29 is 13.2 Å². The van der Waals surface area contributed by atoms with E-state index in [2.05, 4.69) is 14.8 Å². The van der Waals surface area contributed by atoms with Crippen LogP contribution >= 0.6 is 0 Å². The number of piperidine rings is 1. The molecule has 2 aromatic rings. The van der Waals surface area contributed by atoms with Crippen LogP contribution < -0.4 is 0 Å². The Labute approximate surface area is 179 Å². The summed E-state index contributed by atoms with van der Waals surface area (Å²) in [5, 5.41) is 8.76. The van der Waals surface area contributed by atoms with E-state index in [-0.39, 0.29) is 5.41 Å². The van der Waals surface area contributed by atoms with Crippen LogP contribution in [0.25, 0.3) is 0 Å². The van der Waals surface area contributed by atoms with Crippen LogP contribution in [0, 0.1) is 5.41 Å². The molecule has 4 rings (SSSR count). The number of aromatic nitrogens is 3. The lowest BCUT2D eigenvalue weighted by molar-refractivity contribution is 0.129. The van der Waals surface area contributed by atoms with Gasteiger partial charge in [-0.3, -0.25) is 0 Å². The number of hydrogen-bond donors (Lipinski definition) is 0. The summed E-state index contributed by atoms with van der Waals surface area (Å²) in [7, 11) is -1.73. The second-order valence-corrected chi connectivity index (χ2v) is 10.4. The number of ether oxygens (including phenoxy) is 1. The largest absolute Gasteiger partial charge is 0.384 e. The zero-order valence-electron chi connectivity index (χ0n) is 18.0. The zero-order chi connectivity index (χ0) is 21.2. The van der Waals surface area contributed by atoms with Gasteiger partial charge in [0, 0.05) is 39.6 Å². The minimum absolute atomic E-state index is 0.190. The molecule has 0 amide bonds. The maximum atomic E-state index is 13.3. The molecule has 0 N–H and O–H groups in total. The molecule has 2 aliphatic rings. The van der Waals surface area contributed by atoms with Gasteiger partial charge in [0.25, 0.3) is 0 Å². The number of rotatable bonds is 6. The number of methoxy groups -OCH3 is 1. The summed E-state index contributed by atoms with van der Waals surface area (Å²) in [6.45, 7) is 4.75. The topological polar surface area (TPSA) is 77.3 Å². The molecule has 0 atom stereocenters. The van der Waals surface area contributed by atoms with Gasteiger partial charge in [-0.05, 0) is 49.1 Å². The number of fused-ring (bicyclic) bond motifs is 1. The van der Waals surface area contributed by atoms with E-state index in [1.54, 1.807) is 17.5 Å². The number of benzene rings is 1. The van der Waals surface area contributed by atoms with Crippen LogP contribution in [-0.4, -0.2) is 54.3 Å². The van der Waals surface area contributed by atoms with Crippen LogP contribution in [-0.2, 0) is 40.6 Å². The van der Waals surface area contributed by atoms with Crippen molar-refractivity contribution in [1.82, 2.24) is 19.1 Å². The molecule has 1 fully saturated rings. The molecule has 0 bridgehead atoms. The predicted octanol–water partition coefficient (Wildman–Crippen LogP) is 2.84. The summed E-state index contributed by atoms with van der Waals surface area (Å²) < 4.78 is 35.7. The standard InChI is InChI=1S/C22H32N4O3S/c1-3-18-6-4-5-7-19(18)30(27,28)25-14-11-22(12-15-25)10-8-20-23-24-21(9-17-29-2)26(20)16-13-22/h4-7H,3,8-17H2,1-2H3. The number of aryl methyl sites for hydroxylation is 2. The number of sulfonamides is 1. The lowest BCUT2D eigenvalue weighted by Crippen LogP contribution is -2.43. The average Bonchev–Trinajstić information content (AvgIpc) is 3.08. The molecule has 0 radical (unpaired) electrons. The van der Waals surface area contributed by atoms with Gasteiger partial charge < -0.3 is 9.30 Å². The molecule has 164 valence electrons. The minimum atomic E-state index is -3.44. The fourth-order valence-electron chi connectivity index (χ4n) is 4.93. The van der Waals surface area contributed by atoms with Crippen molar-refractivity contribution in [2.24, 2.45) is 5.41 Å². The van der Waals surface area contributed by atoms with E-state index in [1.807, 2.05) is 25.1 Å². The van der Waals surface area contributed by atoms with Crippen LogP contribution in [0.2, 0.25) is 0 Å². The molecule has 0 aliphatic carbocycles. The highest BCUT2D eigenvalue weighted by atomic mass is 32.2. The molecule has 8 heteroatoms.